The van der Waals surface area contributed by atoms with Crippen molar-refractivity contribution in [1.29, 1.82) is 0 Å². The fourth-order valence-corrected chi connectivity index (χ4v) is 3.42. The van der Waals surface area contributed by atoms with Crippen LogP contribution in [0.25, 0.3) is 10.8 Å². The molecule has 3 aromatic rings. The minimum atomic E-state index is -3.70. The van der Waals surface area contributed by atoms with Gasteiger partial charge in [-0.25, -0.2) is 13.6 Å². The Bertz CT molecular complexity index is 1080. The number of rotatable bonds is 6. The van der Waals surface area contributed by atoms with Crippen molar-refractivity contribution in [2.75, 3.05) is 13.7 Å². The number of nitrogens with two attached hydrogens (primary N) is 1. The van der Waals surface area contributed by atoms with Crippen molar-refractivity contribution in [1.82, 2.24) is 5.32 Å². The molecular weight excluding hydrogens is 364 g/mol. The van der Waals surface area contributed by atoms with E-state index in [1.165, 1.54) is 12.1 Å². The van der Waals surface area contributed by atoms with Crippen LogP contribution < -0.4 is 15.2 Å². The maximum absolute atomic E-state index is 12.6. The summed E-state index contributed by atoms with van der Waals surface area (Å²) in [6.07, 6.45) is 0.574. The molecule has 3 rings (SSSR count). The Balaban J connectivity index is 1.69. The Hall–Kier alpha value is -2.90. The van der Waals surface area contributed by atoms with Crippen molar-refractivity contribution in [3.05, 3.63) is 71.8 Å². The van der Waals surface area contributed by atoms with Crippen LogP contribution in [0.2, 0.25) is 0 Å². The number of fused-ring (bicyclic) bond motifs is 1. The summed E-state index contributed by atoms with van der Waals surface area (Å²) >= 11 is 0. The van der Waals surface area contributed by atoms with Crippen LogP contribution in [0.5, 0.6) is 5.75 Å². The first-order valence-corrected chi connectivity index (χ1v) is 9.90. The number of carbonyl (C=O) groups excluding carboxylic acids is 1. The smallest absolute Gasteiger partial charge is 0.251 e. The van der Waals surface area contributed by atoms with E-state index < -0.39 is 10.0 Å². The summed E-state index contributed by atoms with van der Waals surface area (Å²) in [5, 5.41) is 9.69. The van der Waals surface area contributed by atoms with Crippen molar-refractivity contribution in [2.45, 2.75) is 11.3 Å². The summed E-state index contributed by atoms with van der Waals surface area (Å²) in [7, 11) is -2.10. The third kappa shape index (κ3) is 4.27. The number of sulfonamides is 1. The van der Waals surface area contributed by atoms with Gasteiger partial charge in [-0.1, -0.05) is 36.4 Å². The molecule has 0 fully saturated rings. The highest BCUT2D eigenvalue weighted by Crippen LogP contribution is 2.28. The number of nitrogens with one attached hydrogen (secondary N) is 1. The van der Waals surface area contributed by atoms with Crippen LogP contribution in [0.3, 0.4) is 0 Å². The van der Waals surface area contributed by atoms with Gasteiger partial charge in [0, 0.05) is 17.5 Å². The van der Waals surface area contributed by atoms with E-state index in [1.807, 2.05) is 24.3 Å². The van der Waals surface area contributed by atoms with E-state index >= 15 is 0 Å². The highest BCUT2D eigenvalue weighted by atomic mass is 32.2. The SMILES string of the molecule is COc1ccc(C(=O)NCCc2ccc(S(N)(=O)=O)cc2)c2ccccc12. The number of carbonyl (C=O) groups is 1. The number of hydrogen-bond acceptors (Lipinski definition) is 4. The Morgan fingerprint density at radius 2 is 1.67 bits per heavy atom. The summed E-state index contributed by atoms with van der Waals surface area (Å²) in [5.41, 5.74) is 1.48. The van der Waals surface area contributed by atoms with Gasteiger partial charge in [0.25, 0.3) is 5.91 Å². The highest BCUT2D eigenvalue weighted by molar-refractivity contribution is 7.89. The topological polar surface area (TPSA) is 98.5 Å². The first kappa shape index (κ1) is 18.9. The van der Waals surface area contributed by atoms with Crippen molar-refractivity contribution in [2.24, 2.45) is 5.14 Å². The molecule has 0 saturated carbocycles. The zero-order valence-corrected chi connectivity index (χ0v) is 15.6. The van der Waals surface area contributed by atoms with Gasteiger partial charge in [0.1, 0.15) is 5.75 Å². The van der Waals surface area contributed by atoms with E-state index in [0.717, 1.165) is 22.1 Å². The lowest BCUT2D eigenvalue weighted by Gasteiger charge is -2.11. The number of methoxy groups -OCH3 is 1. The molecule has 3 N–H and O–H groups in total. The second-order valence-corrected chi connectivity index (χ2v) is 7.62. The number of benzene rings is 3. The molecule has 0 aliphatic carbocycles. The zero-order valence-electron chi connectivity index (χ0n) is 14.8. The molecule has 0 aliphatic heterocycles. The molecular formula is C20H20N2O4S. The molecule has 0 saturated heterocycles. The van der Waals surface area contributed by atoms with Gasteiger partial charge in [0.05, 0.1) is 12.0 Å². The molecule has 0 unspecified atom stereocenters. The number of primary sulfonamides is 1. The van der Waals surface area contributed by atoms with Gasteiger partial charge in [0.2, 0.25) is 10.0 Å². The Labute approximate surface area is 158 Å². The number of hydrogen-bond donors (Lipinski definition) is 2. The van der Waals surface area contributed by atoms with E-state index in [2.05, 4.69) is 5.32 Å². The van der Waals surface area contributed by atoms with Crippen LogP contribution in [0.1, 0.15) is 15.9 Å². The summed E-state index contributed by atoms with van der Waals surface area (Å²) in [6, 6.07) is 17.4. The fraction of sp³-hybridized carbons (Fsp3) is 0.150. The minimum absolute atomic E-state index is 0.0694. The van der Waals surface area contributed by atoms with Crippen LogP contribution in [0.4, 0.5) is 0 Å². The van der Waals surface area contributed by atoms with Gasteiger partial charge in [-0.05, 0) is 41.6 Å². The monoisotopic (exact) mass is 384 g/mol. The third-order valence-corrected chi connectivity index (χ3v) is 5.23. The highest BCUT2D eigenvalue weighted by Gasteiger charge is 2.12. The van der Waals surface area contributed by atoms with E-state index in [1.54, 1.807) is 31.4 Å². The molecule has 6 nitrogen and oxygen atoms in total. The second-order valence-electron chi connectivity index (χ2n) is 6.06. The zero-order chi connectivity index (χ0) is 19.4. The molecule has 0 aromatic heterocycles. The lowest BCUT2D eigenvalue weighted by atomic mass is 10.0. The van der Waals surface area contributed by atoms with Crippen molar-refractivity contribution < 1.29 is 17.9 Å². The minimum Gasteiger partial charge on any atom is -0.496 e. The summed E-state index contributed by atoms with van der Waals surface area (Å²) < 4.78 is 27.9. The molecule has 0 radical (unpaired) electrons. The van der Waals surface area contributed by atoms with Gasteiger partial charge in [-0.15, -0.1) is 0 Å². The number of amides is 1. The first-order valence-electron chi connectivity index (χ1n) is 8.36. The Kier molecular flexibility index (Phi) is 5.43. The van der Waals surface area contributed by atoms with Crippen molar-refractivity contribution in [3.8, 4) is 5.75 Å². The van der Waals surface area contributed by atoms with Crippen LogP contribution in [-0.4, -0.2) is 28.0 Å². The third-order valence-electron chi connectivity index (χ3n) is 4.30. The average molecular weight is 384 g/mol. The molecule has 0 heterocycles. The summed E-state index contributed by atoms with van der Waals surface area (Å²) in [6.45, 7) is 0.425. The first-order chi connectivity index (χ1) is 12.9. The lowest BCUT2D eigenvalue weighted by Crippen LogP contribution is -2.26. The van der Waals surface area contributed by atoms with Crippen LogP contribution >= 0.6 is 0 Å². The Morgan fingerprint density at radius 1 is 1.00 bits per heavy atom. The van der Waals surface area contributed by atoms with Gasteiger partial charge in [-0.3, -0.25) is 4.79 Å². The van der Waals surface area contributed by atoms with Gasteiger partial charge >= 0.3 is 0 Å². The maximum Gasteiger partial charge on any atom is 0.251 e. The molecule has 140 valence electrons. The van der Waals surface area contributed by atoms with Gasteiger partial charge < -0.3 is 10.1 Å². The molecule has 0 atom stereocenters. The van der Waals surface area contributed by atoms with E-state index in [0.29, 0.717) is 18.5 Å². The largest absolute Gasteiger partial charge is 0.496 e. The van der Waals surface area contributed by atoms with Gasteiger partial charge in [-0.2, -0.15) is 0 Å². The van der Waals surface area contributed by atoms with Crippen LogP contribution in [-0.2, 0) is 16.4 Å². The van der Waals surface area contributed by atoms with Crippen LogP contribution in [0.15, 0.2) is 65.6 Å². The average Bonchev–Trinajstić information content (AvgIpc) is 2.66. The van der Waals surface area contributed by atoms with Crippen LogP contribution in [0, 0.1) is 0 Å². The van der Waals surface area contributed by atoms with Crippen molar-refractivity contribution in [3.63, 3.8) is 0 Å². The predicted octanol–water partition coefficient (Wildman–Crippen LogP) is 2.47. The maximum atomic E-state index is 12.6. The molecule has 7 heteroatoms. The molecule has 1 amide bonds. The Morgan fingerprint density at radius 3 is 2.30 bits per heavy atom. The summed E-state index contributed by atoms with van der Waals surface area (Å²) in [5.74, 6) is 0.548. The predicted molar refractivity (Wildman–Crippen MR) is 104 cm³/mol. The van der Waals surface area contributed by atoms with E-state index in [9.17, 15) is 13.2 Å². The lowest BCUT2D eigenvalue weighted by molar-refractivity contribution is 0.0956. The van der Waals surface area contributed by atoms with E-state index in [4.69, 9.17) is 9.88 Å². The van der Waals surface area contributed by atoms with Crippen molar-refractivity contribution >= 4 is 26.7 Å². The normalized spacial score (nSPS) is 11.3. The molecule has 0 aliphatic rings. The number of ether oxygens (including phenoxy) is 1. The molecule has 0 bridgehead atoms. The molecule has 27 heavy (non-hydrogen) atoms. The quantitative estimate of drug-likeness (QED) is 0.682. The standard InChI is InChI=1S/C20H20N2O4S/c1-26-19-11-10-18(16-4-2-3-5-17(16)19)20(23)22-13-12-14-6-8-15(9-7-14)27(21,24)25/h2-11H,12-13H2,1H3,(H,22,23)(H2,21,24,25). The summed E-state index contributed by atoms with van der Waals surface area (Å²) in [4.78, 5) is 12.7. The van der Waals surface area contributed by atoms with E-state index in [-0.39, 0.29) is 10.8 Å². The second kappa shape index (κ2) is 7.77. The fourth-order valence-electron chi connectivity index (χ4n) is 2.91. The molecule has 3 aromatic carbocycles. The van der Waals surface area contributed by atoms with Gasteiger partial charge in [0.15, 0.2) is 0 Å². The molecule has 0 spiro atoms.